The van der Waals surface area contributed by atoms with Gasteiger partial charge >= 0.3 is 11.8 Å². The molecule has 2 rings (SSSR count). The zero-order valence-electron chi connectivity index (χ0n) is 11.0. The third kappa shape index (κ3) is 3.76. The highest BCUT2D eigenvalue weighted by atomic mass is 35.5. The number of carbonyl (C=O) groups excluding carboxylic acids is 2. The normalized spacial score (nSPS) is 14.7. The first kappa shape index (κ1) is 15.8. The topological polar surface area (TPSA) is 96.7 Å². The van der Waals surface area contributed by atoms with Crippen LogP contribution in [0.2, 0.25) is 10.0 Å². The lowest BCUT2D eigenvalue weighted by molar-refractivity contribution is -0.136. The minimum atomic E-state index is -0.959. The number of anilines is 2. The van der Waals surface area contributed by atoms with E-state index in [1.807, 2.05) is 4.90 Å². The molecule has 1 saturated heterocycles. The lowest BCUT2D eigenvalue weighted by Gasteiger charge is -2.30. The van der Waals surface area contributed by atoms with Crippen LogP contribution in [0.1, 0.15) is 0 Å². The molecule has 0 aliphatic carbocycles. The number of amides is 2. The molecule has 0 aromatic heterocycles. The number of nitrogens with two attached hydrogens (primary N) is 1. The van der Waals surface area contributed by atoms with E-state index in [0.29, 0.717) is 47.7 Å². The van der Waals surface area contributed by atoms with Gasteiger partial charge in [-0.05, 0) is 12.1 Å². The summed E-state index contributed by atoms with van der Waals surface area (Å²) in [5, 5.41) is 3.13. The Morgan fingerprint density at radius 2 is 1.71 bits per heavy atom. The number of hydrazine groups is 1. The molecule has 0 unspecified atom stereocenters. The molecule has 114 valence electrons. The number of hydrogen-bond donors (Lipinski definition) is 3. The first-order valence-electron chi connectivity index (χ1n) is 6.16. The fraction of sp³-hybridized carbons (Fsp3) is 0.333. The van der Waals surface area contributed by atoms with Crippen molar-refractivity contribution in [2.75, 3.05) is 36.5 Å². The molecule has 0 atom stereocenters. The maximum absolute atomic E-state index is 11.4. The Balaban J connectivity index is 2.20. The predicted octanol–water partition coefficient (Wildman–Crippen LogP) is 0.758. The second kappa shape index (κ2) is 6.95. The van der Waals surface area contributed by atoms with E-state index in [1.165, 1.54) is 12.1 Å². The Hall–Kier alpha value is -1.54. The zero-order valence-corrected chi connectivity index (χ0v) is 12.5. The smallest absolute Gasteiger partial charge is 0.323 e. The van der Waals surface area contributed by atoms with Crippen molar-refractivity contribution < 1.29 is 14.3 Å². The van der Waals surface area contributed by atoms with E-state index in [2.05, 4.69) is 5.32 Å². The molecule has 0 spiro atoms. The SMILES string of the molecule is NNC(=O)C(=O)Nc1cc(Cl)c(N2CCOCC2)c(Cl)c1. The number of benzene rings is 1. The maximum Gasteiger partial charge on any atom is 0.323 e. The van der Waals surface area contributed by atoms with Gasteiger partial charge in [-0.15, -0.1) is 0 Å². The lowest BCUT2D eigenvalue weighted by Crippen LogP contribution is -2.39. The molecule has 1 fully saturated rings. The van der Waals surface area contributed by atoms with E-state index in [-0.39, 0.29) is 0 Å². The van der Waals surface area contributed by atoms with Gasteiger partial charge in [-0.25, -0.2) is 5.84 Å². The van der Waals surface area contributed by atoms with Crippen molar-refractivity contribution in [3.63, 3.8) is 0 Å². The highest BCUT2D eigenvalue weighted by molar-refractivity contribution is 6.41. The first-order chi connectivity index (χ1) is 10.0. The van der Waals surface area contributed by atoms with Gasteiger partial charge in [-0.1, -0.05) is 23.2 Å². The van der Waals surface area contributed by atoms with Crippen LogP contribution in [0.25, 0.3) is 0 Å². The van der Waals surface area contributed by atoms with E-state index in [4.69, 9.17) is 33.8 Å². The van der Waals surface area contributed by atoms with E-state index in [9.17, 15) is 9.59 Å². The van der Waals surface area contributed by atoms with Gasteiger partial charge in [0.15, 0.2) is 0 Å². The Morgan fingerprint density at radius 3 is 2.24 bits per heavy atom. The van der Waals surface area contributed by atoms with Crippen molar-refractivity contribution in [2.24, 2.45) is 5.84 Å². The van der Waals surface area contributed by atoms with Crippen LogP contribution >= 0.6 is 23.2 Å². The molecule has 4 N–H and O–H groups in total. The maximum atomic E-state index is 11.4. The average Bonchev–Trinajstić information content (AvgIpc) is 2.46. The molecule has 0 bridgehead atoms. The summed E-state index contributed by atoms with van der Waals surface area (Å²) in [6.45, 7) is 2.56. The van der Waals surface area contributed by atoms with E-state index < -0.39 is 11.8 Å². The fourth-order valence-corrected chi connectivity index (χ4v) is 2.71. The molecule has 0 radical (unpaired) electrons. The van der Waals surface area contributed by atoms with Crippen LogP contribution in [0.4, 0.5) is 11.4 Å². The molecule has 1 heterocycles. The predicted molar refractivity (Wildman–Crippen MR) is 80.5 cm³/mol. The summed E-state index contributed by atoms with van der Waals surface area (Å²) in [5.74, 6) is 3.02. The molecule has 7 nitrogen and oxygen atoms in total. The average molecular weight is 333 g/mol. The quantitative estimate of drug-likeness (QED) is 0.321. The van der Waals surface area contributed by atoms with Crippen molar-refractivity contribution in [2.45, 2.75) is 0 Å². The summed E-state index contributed by atoms with van der Waals surface area (Å²) in [6, 6.07) is 3.06. The zero-order chi connectivity index (χ0) is 15.4. The molecule has 21 heavy (non-hydrogen) atoms. The number of nitrogens with zero attached hydrogens (tertiary/aromatic N) is 1. The van der Waals surface area contributed by atoms with Gasteiger partial charge in [-0.3, -0.25) is 15.0 Å². The van der Waals surface area contributed by atoms with Crippen molar-refractivity contribution >= 4 is 46.4 Å². The summed E-state index contributed by atoms with van der Waals surface area (Å²) in [7, 11) is 0. The first-order valence-corrected chi connectivity index (χ1v) is 6.92. The molecular weight excluding hydrogens is 319 g/mol. The molecule has 1 aromatic rings. The van der Waals surface area contributed by atoms with E-state index in [0.717, 1.165) is 0 Å². The summed E-state index contributed by atoms with van der Waals surface area (Å²) in [5.41, 5.74) is 2.74. The summed E-state index contributed by atoms with van der Waals surface area (Å²) < 4.78 is 5.27. The number of carbonyl (C=O) groups is 2. The minimum absolute atomic E-state index is 0.315. The van der Waals surface area contributed by atoms with Gasteiger partial charge in [0.1, 0.15) is 0 Å². The van der Waals surface area contributed by atoms with Gasteiger partial charge in [-0.2, -0.15) is 0 Å². The Morgan fingerprint density at radius 1 is 1.14 bits per heavy atom. The third-order valence-electron chi connectivity index (χ3n) is 2.94. The van der Waals surface area contributed by atoms with Crippen LogP contribution in [0.5, 0.6) is 0 Å². The Labute approximate surface area is 131 Å². The van der Waals surface area contributed by atoms with Gasteiger partial charge in [0.2, 0.25) is 0 Å². The molecule has 1 aliphatic rings. The second-order valence-corrected chi connectivity index (χ2v) is 5.13. The van der Waals surface area contributed by atoms with Gasteiger partial charge < -0.3 is 15.0 Å². The summed E-state index contributed by atoms with van der Waals surface area (Å²) in [4.78, 5) is 24.5. The number of nitrogens with one attached hydrogen (secondary N) is 2. The molecule has 1 aliphatic heterocycles. The standard InChI is InChI=1S/C12H14Cl2N4O3/c13-8-5-7(16-11(19)12(20)17-15)6-9(14)10(8)18-1-3-21-4-2-18/h5-6H,1-4,15H2,(H,16,19)(H,17,20). The minimum Gasteiger partial charge on any atom is -0.378 e. The highest BCUT2D eigenvalue weighted by Gasteiger charge is 2.19. The van der Waals surface area contributed by atoms with Crippen molar-refractivity contribution in [3.05, 3.63) is 22.2 Å². The van der Waals surface area contributed by atoms with Crippen molar-refractivity contribution in [1.29, 1.82) is 0 Å². The summed E-state index contributed by atoms with van der Waals surface area (Å²) in [6.07, 6.45) is 0. The van der Waals surface area contributed by atoms with E-state index in [1.54, 1.807) is 5.43 Å². The van der Waals surface area contributed by atoms with Crippen LogP contribution in [0, 0.1) is 0 Å². The fourth-order valence-electron chi connectivity index (χ4n) is 1.98. The van der Waals surface area contributed by atoms with E-state index >= 15 is 0 Å². The number of morpholine rings is 1. The van der Waals surface area contributed by atoms with Gasteiger partial charge in [0.25, 0.3) is 0 Å². The monoisotopic (exact) mass is 332 g/mol. The Bertz CT molecular complexity index is 538. The Kier molecular flexibility index (Phi) is 5.24. The summed E-state index contributed by atoms with van der Waals surface area (Å²) >= 11 is 12.4. The van der Waals surface area contributed by atoms with Crippen molar-refractivity contribution in [3.8, 4) is 0 Å². The molecule has 0 saturated carbocycles. The van der Waals surface area contributed by atoms with Gasteiger partial charge in [0.05, 0.1) is 28.9 Å². The number of hydrogen-bond acceptors (Lipinski definition) is 5. The van der Waals surface area contributed by atoms with Crippen LogP contribution in [-0.2, 0) is 14.3 Å². The number of halogens is 2. The van der Waals surface area contributed by atoms with Crippen molar-refractivity contribution in [1.82, 2.24) is 5.43 Å². The second-order valence-electron chi connectivity index (χ2n) is 4.32. The van der Waals surface area contributed by atoms with Crippen LogP contribution in [-0.4, -0.2) is 38.1 Å². The highest BCUT2D eigenvalue weighted by Crippen LogP contribution is 2.37. The molecule has 2 amide bonds. The van der Waals surface area contributed by atoms with Crippen LogP contribution in [0.3, 0.4) is 0 Å². The van der Waals surface area contributed by atoms with Crippen LogP contribution in [0.15, 0.2) is 12.1 Å². The largest absolute Gasteiger partial charge is 0.378 e. The molecule has 9 heteroatoms. The number of ether oxygens (including phenoxy) is 1. The van der Waals surface area contributed by atoms with Crippen LogP contribution < -0.4 is 21.5 Å². The molecular formula is C12H14Cl2N4O3. The number of rotatable bonds is 2. The molecule has 1 aromatic carbocycles. The van der Waals surface area contributed by atoms with Gasteiger partial charge in [0, 0.05) is 18.8 Å². The lowest BCUT2D eigenvalue weighted by atomic mass is 10.2. The third-order valence-corrected chi connectivity index (χ3v) is 3.52.